The number of nitrogens with one attached hydrogen (secondary N) is 1. The van der Waals surface area contributed by atoms with Crippen molar-refractivity contribution in [3.05, 3.63) is 56.9 Å². The average Bonchev–Trinajstić information content (AvgIpc) is 2.96. The summed E-state index contributed by atoms with van der Waals surface area (Å²) in [5.41, 5.74) is 2.92. The fraction of sp³-hybridized carbons (Fsp3) is 0.227. The fourth-order valence-electron chi connectivity index (χ4n) is 3.06. The molecule has 7 nitrogen and oxygen atoms in total. The van der Waals surface area contributed by atoms with Gasteiger partial charge in [0.15, 0.2) is 11.5 Å². The van der Waals surface area contributed by atoms with Crippen molar-refractivity contribution in [2.24, 2.45) is 0 Å². The Morgan fingerprint density at radius 2 is 1.94 bits per heavy atom. The molecule has 0 saturated carbocycles. The number of rotatable bonds is 6. The van der Waals surface area contributed by atoms with Crippen molar-refractivity contribution in [1.29, 1.82) is 0 Å². The van der Waals surface area contributed by atoms with Gasteiger partial charge < -0.3 is 15.2 Å². The van der Waals surface area contributed by atoms with Crippen LogP contribution in [0.5, 0.6) is 11.5 Å². The van der Waals surface area contributed by atoms with E-state index < -0.39 is 23.6 Å². The first-order valence-corrected chi connectivity index (χ1v) is 10.7. The van der Waals surface area contributed by atoms with Gasteiger partial charge in [-0.25, -0.2) is 0 Å². The van der Waals surface area contributed by atoms with Gasteiger partial charge in [0, 0.05) is 5.69 Å². The zero-order valence-electron chi connectivity index (χ0n) is 17.2. The quantitative estimate of drug-likeness (QED) is 0.604. The molecule has 31 heavy (non-hydrogen) atoms. The monoisotopic (exact) mass is 460 g/mol. The van der Waals surface area contributed by atoms with Crippen molar-refractivity contribution in [3.8, 4) is 11.5 Å². The molecule has 0 unspecified atom stereocenters. The summed E-state index contributed by atoms with van der Waals surface area (Å²) in [7, 11) is 0. The Kier molecular flexibility index (Phi) is 6.92. The van der Waals surface area contributed by atoms with E-state index >= 15 is 0 Å². The summed E-state index contributed by atoms with van der Waals surface area (Å²) in [4.78, 5) is 38.6. The molecule has 2 aromatic carbocycles. The third-order valence-corrected chi connectivity index (χ3v) is 5.76. The molecule has 1 fully saturated rings. The Bertz CT molecular complexity index is 1080. The summed E-state index contributed by atoms with van der Waals surface area (Å²) in [6.07, 6.45) is 1.47. The first-order chi connectivity index (χ1) is 14.7. The molecule has 2 aromatic rings. The lowest BCUT2D eigenvalue weighted by molar-refractivity contribution is -0.127. The van der Waals surface area contributed by atoms with E-state index in [-0.39, 0.29) is 21.4 Å². The van der Waals surface area contributed by atoms with Gasteiger partial charge in [0.25, 0.3) is 11.1 Å². The van der Waals surface area contributed by atoms with Gasteiger partial charge in [-0.05, 0) is 67.4 Å². The Morgan fingerprint density at radius 1 is 1.26 bits per heavy atom. The number of hydrogen-bond donors (Lipinski definition) is 2. The number of amides is 3. The molecule has 0 atom stereocenters. The van der Waals surface area contributed by atoms with E-state index in [4.69, 9.17) is 16.3 Å². The van der Waals surface area contributed by atoms with Crippen molar-refractivity contribution in [1.82, 2.24) is 4.90 Å². The highest BCUT2D eigenvalue weighted by atomic mass is 35.5. The number of benzene rings is 2. The minimum Gasteiger partial charge on any atom is -0.503 e. The highest BCUT2D eigenvalue weighted by Gasteiger charge is 2.36. The second-order valence-corrected chi connectivity index (χ2v) is 8.27. The zero-order valence-corrected chi connectivity index (χ0v) is 18.8. The number of hydrogen-bond acceptors (Lipinski definition) is 6. The summed E-state index contributed by atoms with van der Waals surface area (Å²) >= 11 is 6.76. The van der Waals surface area contributed by atoms with Gasteiger partial charge in [0.1, 0.15) is 6.54 Å². The van der Waals surface area contributed by atoms with Gasteiger partial charge in [-0.3, -0.25) is 19.3 Å². The zero-order chi connectivity index (χ0) is 22.7. The fourth-order valence-corrected chi connectivity index (χ4v) is 4.12. The van der Waals surface area contributed by atoms with Gasteiger partial charge in [-0.2, -0.15) is 0 Å². The number of aromatic hydroxyl groups is 1. The summed E-state index contributed by atoms with van der Waals surface area (Å²) < 4.78 is 5.33. The van der Waals surface area contributed by atoms with Crippen LogP contribution in [0, 0.1) is 13.8 Å². The normalized spacial score (nSPS) is 15.0. The SMILES string of the molecule is CCOc1cc(/C=C2\SC(=O)N(CC(=O)Nc3c(C)cccc3C)C2=O)cc(Cl)c1O. The van der Waals surface area contributed by atoms with E-state index in [1.165, 1.54) is 18.2 Å². The van der Waals surface area contributed by atoms with Gasteiger partial charge in [0.2, 0.25) is 5.91 Å². The van der Waals surface area contributed by atoms with Crippen LogP contribution in [-0.4, -0.2) is 40.2 Å². The van der Waals surface area contributed by atoms with Crippen LogP contribution in [0.2, 0.25) is 5.02 Å². The van der Waals surface area contributed by atoms with Crippen LogP contribution in [0.25, 0.3) is 6.08 Å². The molecular formula is C22H21ClN2O5S. The van der Waals surface area contributed by atoms with Crippen molar-refractivity contribution < 1.29 is 24.2 Å². The molecule has 162 valence electrons. The van der Waals surface area contributed by atoms with Gasteiger partial charge in [-0.1, -0.05) is 29.8 Å². The summed E-state index contributed by atoms with van der Waals surface area (Å²) in [6.45, 7) is 5.42. The highest BCUT2D eigenvalue weighted by Crippen LogP contribution is 2.38. The Labute approximate surface area is 189 Å². The smallest absolute Gasteiger partial charge is 0.294 e. The molecule has 9 heteroatoms. The van der Waals surface area contributed by atoms with Crippen LogP contribution in [0.4, 0.5) is 10.5 Å². The topological polar surface area (TPSA) is 95.9 Å². The second kappa shape index (κ2) is 9.45. The van der Waals surface area contributed by atoms with Crippen LogP contribution >= 0.6 is 23.4 Å². The number of ether oxygens (including phenoxy) is 1. The highest BCUT2D eigenvalue weighted by molar-refractivity contribution is 8.18. The molecule has 0 spiro atoms. The molecule has 0 radical (unpaired) electrons. The lowest BCUT2D eigenvalue weighted by atomic mass is 10.1. The van der Waals surface area contributed by atoms with Crippen LogP contribution < -0.4 is 10.1 Å². The van der Waals surface area contributed by atoms with Crippen molar-refractivity contribution in [3.63, 3.8) is 0 Å². The molecule has 0 bridgehead atoms. The first-order valence-electron chi connectivity index (χ1n) is 9.48. The lowest BCUT2D eigenvalue weighted by Crippen LogP contribution is -2.36. The second-order valence-electron chi connectivity index (χ2n) is 6.87. The number of imide groups is 1. The molecule has 1 heterocycles. The van der Waals surface area contributed by atoms with Crippen LogP contribution in [0.3, 0.4) is 0 Å². The minimum absolute atomic E-state index is 0.0596. The Balaban J connectivity index is 1.77. The van der Waals surface area contributed by atoms with E-state index in [0.29, 0.717) is 17.9 Å². The number of nitrogens with zero attached hydrogens (tertiary/aromatic N) is 1. The summed E-state index contributed by atoms with van der Waals surface area (Å²) in [5.74, 6) is -1.06. The number of anilines is 1. The molecule has 3 rings (SSSR count). The largest absolute Gasteiger partial charge is 0.503 e. The third-order valence-electron chi connectivity index (χ3n) is 4.57. The minimum atomic E-state index is -0.575. The predicted octanol–water partition coefficient (Wildman–Crippen LogP) is 4.74. The number of halogens is 1. The van der Waals surface area contributed by atoms with Gasteiger partial charge >= 0.3 is 0 Å². The number of para-hydroxylation sites is 1. The van der Waals surface area contributed by atoms with Crippen molar-refractivity contribution >= 4 is 52.2 Å². The maximum Gasteiger partial charge on any atom is 0.294 e. The molecule has 1 saturated heterocycles. The van der Waals surface area contributed by atoms with E-state index in [2.05, 4.69) is 5.32 Å². The molecule has 2 N–H and O–H groups in total. The number of carbonyl (C=O) groups is 3. The molecule has 3 amide bonds. The average molecular weight is 461 g/mol. The number of carbonyl (C=O) groups excluding carboxylic acids is 3. The molecule has 0 aromatic heterocycles. The van der Waals surface area contributed by atoms with Gasteiger partial charge in [0.05, 0.1) is 16.5 Å². The predicted molar refractivity (Wildman–Crippen MR) is 122 cm³/mol. The number of thioether (sulfide) groups is 1. The number of phenols is 1. The Hall–Kier alpha value is -2.97. The molecule has 0 aliphatic carbocycles. The maximum atomic E-state index is 12.7. The molecular weight excluding hydrogens is 440 g/mol. The van der Waals surface area contributed by atoms with E-state index in [1.807, 2.05) is 32.0 Å². The first kappa shape index (κ1) is 22.7. The van der Waals surface area contributed by atoms with Crippen LogP contribution in [0.1, 0.15) is 23.6 Å². The van der Waals surface area contributed by atoms with Crippen LogP contribution in [-0.2, 0) is 9.59 Å². The number of aryl methyl sites for hydroxylation is 2. The Morgan fingerprint density at radius 3 is 2.58 bits per heavy atom. The third kappa shape index (κ3) is 5.03. The standard InChI is InChI=1S/C22H21ClN2O5S/c1-4-30-16-9-14(8-15(23)20(16)27)10-17-21(28)25(22(29)31-17)11-18(26)24-19-12(2)6-5-7-13(19)3/h5-10,27H,4,11H2,1-3H3,(H,24,26)/b17-10-. The maximum absolute atomic E-state index is 12.7. The van der Waals surface area contributed by atoms with E-state index in [0.717, 1.165) is 27.8 Å². The molecule has 1 aliphatic rings. The number of phenolic OH excluding ortho intramolecular Hbond substituents is 1. The van der Waals surface area contributed by atoms with E-state index in [1.54, 1.807) is 6.92 Å². The summed E-state index contributed by atoms with van der Waals surface area (Å²) in [5, 5.41) is 12.2. The summed E-state index contributed by atoms with van der Waals surface area (Å²) in [6, 6.07) is 8.59. The molecule has 1 aliphatic heterocycles. The van der Waals surface area contributed by atoms with Crippen molar-refractivity contribution in [2.45, 2.75) is 20.8 Å². The van der Waals surface area contributed by atoms with Crippen molar-refractivity contribution in [2.75, 3.05) is 18.5 Å². The lowest BCUT2D eigenvalue weighted by Gasteiger charge is -2.15. The van der Waals surface area contributed by atoms with Gasteiger partial charge in [-0.15, -0.1) is 0 Å². The van der Waals surface area contributed by atoms with Crippen LogP contribution in [0.15, 0.2) is 35.2 Å². The van der Waals surface area contributed by atoms with E-state index in [9.17, 15) is 19.5 Å².